The Morgan fingerprint density at radius 1 is 1.27 bits per heavy atom. The number of carbonyl (C=O) groups is 2. The normalized spacial score (nSPS) is 34.0. The lowest BCUT2D eigenvalue weighted by atomic mass is 10.0. The van der Waals surface area contributed by atoms with Crippen molar-refractivity contribution in [3.05, 3.63) is 0 Å². The van der Waals surface area contributed by atoms with Crippen molar-refractivity contribution in [3.8, 4) is 0 Å². The zero-order valence-electron chi connectivity index (χ0n) is 9.23. The highest BCUT2D eigenvalue weighted by atomic mass is 16.6. The molecule has 2 fully saturated rings. The fourth-order valence-electron chi connectivity index (χ4n) is 2.67. The molecular formula is C11H17NO3. The molecule has 1 unspecified atom stereocenters. The van der Waals surface area contributed by atoms with E-state index in [1.54, 1.807) is 14.1 Å². The second-order valence-corrected chi connectivity index (χ2v) is 4.84. The van der Waals surface area contributed by atoms with Crippen molar-refractivity contribution in [2.75, 3.05) is 14.1 Å². The molecule has 4 nitrogen and oxygen atoms in total. The van der Waals surface area contributed by atoms with Gasteiger partial charge < -0.3 is 9.64 Å². The van der Waals surface area contributed by atoms with Gasteiger partial charge in [0.2, 0.25) is 0 Å². The van der Waals surface area contributed by atoms with Gasteiger partial charge in [-0.25, -0.2) is 4.79 Å². The number of amides is 1. The van der Waals surface area contributed by atoms with Crippen LogP contribution in [-0.2, 0) is 9.53 Å². The van der Waals surface area contributed by atoms with Gasteiger partial charge >= 0.3 is 6.09 Å². The van der Waals surface area contributed by atoms with Gasteiger partial charge in [-0.05, 0) is 24.7 Å². The smallest absolute Gasteiger partial charge is 0.409 e. The van der Waals surface area contributed by atoms with Gasteiger partial charge in [0.25, 0.3) is 0 Å². The van der Waals surface area contributed by atoms with Gasteiger partial charge in [-0.3, -0.25) is 4.79 Å². The van der Waals surface area contributed by atoms with E-state index in [1.807, 2.05) is 0 Å². The minimum absolute atomic E-state index is 0.0306. The summed E-state index contributed by atoms with van der Waals surface area (Å²) in [5, 5.41) is 0. The van der Waals surface area contributed by atoms with E-state index >= 15 is 0 Å². The minimum atomic E-state index is -0.272. The highest BCUT2D eigenvalue weighted by Gasteiger charge is 2.42. The number of hydrogen-bond acceptors (Lipinski definition) is 3. The molecule has 0 radical (unpaired) electrons. The first kappa shape index (κ1) is 10.5. The van der Waals surface area contributed by atoms with Crippen molar-refractivity contribution in [3.63, 3.8) is 0 Å². The topological polar surface area (TPSA) is 46.6 Å². The number of hydrogen-bond donors (Lipinski definition) is 0. The number of fused-ring (bicyclic) bond motifs is 1. The minimum Gasteiger partial charge on any atom is -0.446 e. The van der Waals surface area contributed by atoms with E-state index in [2.05, 4.69) is 0 Å². The van der Waals surface area contributed by atoms with Crippen molar-refractivity contribution >= 4 is 11.9 Å². The predicted octanol–water partition coefficient (Wildman–Crippen LogP) is 1.44. The Kier molecular flexibility index (Phi) is 2.67. The van der Waals surface area contributed by atoms with Crippen molar-refractivity contribution in [2.24, 2.45) is 11.8 Å². The average molecular weight is 211 g/mol. The van der Waals surface area contributed by atoms with Crippen LogP contribution in [0.25, 0.3) is 0 Å². The summed E-state index contributed by atoms with van der Waals surface area (Å²) < 4.78 is 5.32. The number of nitrogens with zero attached hydrogens (tertiary/aromatic N) is 1. The van der Waals surface area contributed by atoms with Gasteiger partial charge in [0.05, 0.1) is 0 Å². The first-order valence-corrected chi connectivity index (χ1v) is 5.46. The van der Waals surface area contributed by atoms with E-state index < -0.39 is 0 Å². The highest BCUT2D eigenvalue weighted by molar-refractivity contribution is 5.81. The van der Waals surface area contributed by atoms with Crippen molar-refractivity contribution < 1.29 is 14.3 Å². The number of Topliss-reactive ketones (excluding diaryl/α,β-unsaturated/α-hetero) is 1. The molecule has 0 spiro atoms. The summed E-state index contributed by atoms with van der Waals surface area (Å²) in [6.07, 6.45) is 2.89. The van der Waals surface area contributed by atoms with Crippen LogP contribution in [0.15, 0.2) is 0 Å². The molecule has 0 aromatic heterocycles. The maximum Gasteiger partial charge on any atom is 0.409 e. The summed E-state index contributed by atoms with van der Waals surface area (Å²) in [6, 6.07) is 0. The van der Waals surface area contributed by atoms with Crippen LogP contribution in [0, 0.1) is 11.8 Å². The lowest BCUT2D eigenvalue weighted by molar-refractivity contribution is -0.118. The van der Waals surface area contributed by atoms with E-state index in [9.17, 15) is 9.59 Å². The van der Waals surface area contributed by atoms with E-state index in [0.717, 1.165) is 12.8 Å². The monoisotopic (exact) mass is 211 g/mol. The number of carbonyl (C=O) groups excluding carboxylic acids is 2. The standard InChI is InChI=1S/C11H17NO3/c1-12(2)11(14)15-10-5-7-3-9(13)4-8(7)6-10/h7-8,10H,3-6H2,1-2H3/t7-,8+,10?. The summed E-state index contributed by atoms with van der Waals surface area (Å²) in [5.41, 5.74) is 0. The second kappa shape index (κ2) is 3.83. The maximum absolute atomic E-state index is 11.3. The molecule has 0 bridgehead atoms. The largest absolute Gasteiger partial charge is 0.446 e. The van der Waals surface area contributed by atoms with Crippen LogP contribution in [0.4, 0.5) is 4.79 Å². The average Bonchev–Trinajstić information content (AvgIpc) is 2.60. The highest BCUT2D eigenvalue weighted by Crippen LogP contribution is 2.43. The molecule has 0 aliphatic heterocycles. The molecule has 2 saturated carbocycles. The number of ketones is 1. The molecule has 0 aromatic carbocycles. The van der Waals surface area contributed by atoms with Gasteiger partial charge in [-0.2, -0.15) is 0 Å². The molecule has 2 rings (SSSR count). The molecule has 0 N–H and O–H groups in total. The molecule has 4 heteroatoms. The first-order chi connectivity index (χ1) is 7.06. The Morgan fingerprint density at radius 2 is 1.80 bits per heavy atom. The molecule has 0 heterocycles. The van der Waals surface area contributed by atoms with Crippen LogP contribution in [0.5, 0.6) is 0 Å². The van der Waals surface area contributed by atoms with E-state index in [-0.39, 0.29) is 12.2 Å². The molecule has 1 amide bonds. The Morgan fingerprint density at radius 3 is 2.27 bits per heavy atom. The third-order valence-corrected chi connectivity index (χ3v) is 3.41. The Hall–Kier alpha value is -1.06. The predicted molar refractivity (Wildman–Crippen MR) is 54.4 cm³/mol. The summed E-state index contributed by atoms with van der Waals surface area (Å²) in [5.74, 6) is 1.32. The second-order valence-electron chi connectivity index (χ2n) is 4.84. The summed E-state index contributed by atoms with van der Waals surface area (Å²) in [4.78, 5) is 23.9. The maximum atomic E-state index is 11.3. The van der Waals surface area contributed by atoms with Gasteiger partial charge in [0.1, 0.15) is 11.9 Å². The number of rotatable bonds is 1. The van der Waals surface area contributed by atoms with E-state index in [0.29, 0.717) is 30.5 Å². The molecule has 84 valence electrons. The van der Waals surface area contributed by atoms with Gasteiger partial charge in [-0.15, -0.1) is 0 Å². The Balaban J connectivity index is 1.85. The SMILES string of the molecule is CN(C)C(=O)OC1C[C@H]2CC(=O)C[C@H]2C1. The lowest BCUT2D eigenvalue weighted by Gasteiger charge is -2.16. The van der Waals surface area contributed by atoms with Crippen LogP contribution in [0.3, 0.4) is 0 Å². The van der Waals surface area contributed by atoms with E-state index in [1.165, 1.54) is 4.90 Å². The molecule has 0 saturated heterocycles. The fraction of sp³-hybridized carbons (Fsp3) is 0.818. The van der Waals surface area contributed by atoms with Crippen molar-refractivity contribution in [1.29, 1.82) is 0 Å². The molecule has 2 aliphatic rings. The van der Waals surface area contributed by atoms with Gasteiger partial charge in [0.15, 0.2) is 0 Å². The summed E-state index contributed by atoms with van der Waals surface area (Å²) >= 11 is 0. The van der Waals surface area contributed by atoms with Crippen LogP contribution in [0.2, 0.25) is 0 Å². The first-order valence-electron chi connectivity index (χ1n) is 5.46. The van der Waals surface area contributed by atoms with Crippen LogP contribution in [0.1, 0.15) is 25.7 Å². The van der Waals surface area contributed by atoms with Gasteiger partial charge in [0, 0.05) is 26.9 Å². The third kappa shape index (κ3) is 2.13. The summed E-state index contributed by atoms with van der Waals surface area (Å²) in [7, 11) is 3.36. The van der Waals surface area contributed by atoms with Gasteiger partial charge in [-0.1, -0.05) is 0 Å². The third-order valence-electron chi connectivity index (χ3n) is 3.41. The Bertz CT molecular complexity index is 272. The molecular weight excluding hydrogens is 194 g/mol. The zero-order valence-corrected chi connectivity index (χ0v) is 9.23. The van der Waals surface area contributed by atoms with E-state index in [4.69, 9.17) is 4.74 Å². The molecule has 3 atom stereocenters. The number of ether oxygens (including phenoxy) is 1. The fourth-order valence-corrected chi connectivity index (χ4v) is 2.67. The summed E-state index contributed by atoms with van der Waals surface area (Å²) in [6.45, 7) is 0. The van der Waals surface area contributed by atoms with Crippen molar-refractivity contribution in [2.45, 2.75) is 31.8 Å². The molecule has 15 heavy (non-hydrogen) atoms. The zero-order chi connectivity index (χ0) is 11.0. The quantitative estimate of drug-likeness (QED) is 0.659. The molecule has 2 aliphatic carbocycles. The van der Waals surface area contributed by atoms with Crippen molar-refractivity contribution in [1.82, 2.24) is 4.90 Å². The van der Waals surface area contributed by atoms with Crippen LogP contribution in [-0.4, -0.2) is 37.0 Å². The lowest BCUT2D eigenvalue weighted by Crippen LogP contribution is -2.27. The molecule has 0 aromatic rings. The van der Waals surface area contributed by atoms with Crippen LogP contribution < -0.4 is 0 Å². The van der Waals surface area contributed by atoms with Crippen LogP contribution >= 0.6 is 0 Å². The Labute approximate surface area is 89.6 Å².